The molecule has 2 heteroatoms. The van der Waals surface area contributed by atoms with Gasteiger partial charge in [0.1, 0.15) is 0 Å². The molecule has 3 atom stereocenters. The van der Waals surface area contributed by atoms with E-state index in [9.17, 15) is 0 Å². The third-order valence-electron chi connectivity index (χ3n) is 3.31. The van der Waals surface area contributed by atoms with E-state index in [1.165, 1.54) is 19.3 Å². The number of nitrogens with one attached hydrogen (secondary N) is 2. The highest BCUT2D eigenvalue weighted by Crippen LogP contribution is 2.25. The van der Waals surface area contributed by atoms with Gasteiger partial charge < -0.3 is 10.6 Å². The Balaban J connectivity index is 2.41. The molecule has 0 bridgehead atoms. The molecule has 0 amide bonds. The molecule has 0 aliphatic heterocycles. The summed E-state index contributed by atoms with van der Waals surface area (Å²) in [6.07, 6.45) is 3.99. The van der Waals surface area contributed by atoms with Crippen LogP contribution in [-0.2, 0) is 0 Å². The van der Waals surface area contributed by atoms with Gasteiger partial charge in [-0.25, -0.2) is 0 Å². The molecule has 1 aliphatic carbocycles. The van der Waals surface area contributed by atoms with E-state index in [1.54, 1.807) is 0 Å². The van der Waals surface area contributed by atoms with Crippen LogP contribution in [0.4, 0.5) is 0 Å². The van der Waals surface area contributed by atoms with E-state index in [0.29, 0.717) is 18.1 Å². The average molecular weight is 212 g/mol. The Morgan fingerprint density at radius 1 is 0.933 bits per heavy atom. The topological polar surface area (TPSA) is 24.1 Å². The van der Waals surface area contributed by atoms with Gasteiger partial charge in [0.25, 0.3) is 0 Å². The maximum atomic E-state index is 3.69. The highest BCUT2D eigenvalue weighted by atomic mass is 15.0. The molecular weight excluding hydrogens is 184 g/mol. The van der Waals surface area contributed by atoms with Crippen LogP contribution in [0.5, 0.6) is 0 Å². The summed E-state index contributed by atoms with van der Waals surface area (Å²) in [5.74, 6) is 0.831. The van der Waals surface area contributed by atoms with Gasteiger partial charge in [-0.05, 0) is 25.2 Å². The van der Waals surface area contributed by atoms with Crippen LogP contribution in [0.25, 0.3) is 0 Å². The van der Waals surface area contributed by atoms with E-state index in [0.717, 1.165) is 12.0 Å². The zero-order chi connectivity index (χ0) is 11.4. The molecule has 90 valence electrons. The van der Waals surface area contributed by atoms with Gasteiger partial charge in [0.15, 0.2) is 0 Å². The minimum Gasteiger partial charge on any atom is -0.312 e. The smallest absolute Gasteiger partial charge is 0.0110 e. The van der Waals surface area contributed by atoms with E-state index in [1.807, 2.05) is 0 Å². The van der Waals surface area contributed by atoms with Crippen LogP contribution < -0.4 is 10.6 Å². The molecule has 0 aromatic heterocycles. The molecule has 1 rings (SSSR count). The van der Waals surface area contributed by atoms with Crippen molar-refractivity contribution in [1.82, 2.24) is 10.6 Å². The zero-order valence-corrected chi connectivity index (χ0v) is 11.0. The second-order valence-electron chi connectivity index (χ2n) is 5.74. The summed E-state index contributed by atoms with van der Waals surface area (Å²) in [7, 11) is 0. The monoisotopic (exact) mass is 212 g/mol. The van der Waals surface area contributed by atoms with Crippen molar-refractivity contribution in [2.24, 2.45) is 5.92 Å². The molecule has 15 heavy (non-hydrogen) atoms. The standard InChI is InChI=1S/C13H28N2/c1-9(2)14-12-7-6-11(5)13(8-12)15-10(3)4/h9-15H,6-8H2,1-5H3. The largest absolute Gasteiger partial charge is 0.312 e. The van der Waals surface area contributed by atoms with Gasteiger partial charge in [-0.15, -0.1) is 0 Å². The summed E-state index contributed by atoms with van der Waals surface area (Å²) < 4.78 is 0. The predicted octanol–water partition coefficient (Wildman–Crippen LogP) is 2.54. The molecule has 3 unspecified atom stereocenters. The molecule has 1 aliphatic rings. The molecule has 0 saturated heterocycles. The third-order valence-corrected chi connectivity index (χ3v) is 3.31. The predicted molar refractivity (Wildman–Crippen MR) is 67.1 cm³/mol. The lowest BCUT2D eigenvalue weighted by Gasteiger charge is -2.37. The summed E-state index contributed by atoms with van der Waals surface area (Å²) in [5.41, 5.74) is 0. The number of rotatable bonds is 4. The second kappa shape index (κ2) is 5.86. The first kappa shape index (κ1) is 13.0. The molecule has 0 heterocycles. The molecule has 1 saturated carbocycles. The third kappa shape index (κ3) is 4.52. The Kier molecular flexibility index (Phi) is 5.07. The summed E-state index contributed by atoms with van der Waals surface area (Å²) in [5, 5.41) is 7.36. The molecule has 2 nitrogen and oxygen atoms in total. The van der Waals surface area contributed by atoms with Crippen molar-refractivity contribution in [2.45, 2.75) is 78.0 Å². The van der Waals surface area contributed by atoms with Crippen molar-refractivity contribution in [3.8, 4) is 0 Å². The van der Waals surface area contributed by atoms with Gasteiger partial charge in [-0.3, -0.25) is 0 Å². The summed E-state index contributed by atoms with van der Waals surface area (Å²) in [4.78, 5) is 0. The first-order valence-corrected chi connectivity index (χ1v) is 6.51. The SMILES string of the molecule is CC(C)NC1CCC(C)C(NC(C)C)C1. The van der Waals surface area contributed by atoms with Gasteiger partial charge in [-0.1, -0.05) is 34.6 Å². The van der Waals surface area contributed by atoms with Crippen molar-refractivity contribution in [3.63, 3.8) is 0 Å². The fourth-order valence-electron chi connectivity index (χ4n) is 2.61. The van der Waals surface area contributed by atoms with Crippen LogP contribution in [0.15, 0.2) is 0 Å². The van der Waals surface area contributed by atoms with E-state index in [-0.39, 0.29) is 0 Å². The van der Waals surface area contributed by atoms with Crippen LogP contribution in [-0.4, -0.2) is 24.2 Å². The lowest BCUT2D eigenvalue weighted by Crippen LogP contribution is -2.49. The second-order valence-corrected chi connectivity index (χ2v) is 5.74. The van der Waals surface area contributed by atoms with Gasteiger partial charge in [0.2, 0.25) is 0 Å². The normalized spacial score (nSPS) is 32.6. The van der Waals surface area contributed by atoms with Crippen molar-refractivity contribution >= 4 is 0 Å². The Labute approximate surface area is 95.2 Å². The highest BCUT2D eigenvalue weighted by Gasteiger charge is 2.27. The molecule has 0 aromatic carbocycles. The minimum absolute atomic E-state index is 0.607. The van der Waals surface area contributed by atoms with Crippen LogP contribution in [0.3, 0.4) is 0 Å². The summed E-state index contributed by atoms with van der Waals surface area (Å²) in [6.45, 7) is 11.3. The Hall–Kier alpha value is -0.0800. The van der Waals surface area contributed by atoms with Gasteiger partial charge in [-0.2, -0.15) is 0 Å². The molecule has 0 spiro atoms. The molecule has 0 radical (unpaired) electrons. The lowest BCUT2D eigenvalue weighted by molar-refractivity contribution is 0.218. The Morgan fingerprint density at radius 3 is 2.07 bits per heavy atom. The molecular formula is C13H28N2. The minimum atomic E-state index is 0.607. The average Bonchev–Trinajstić information content (AvgIpc) is 2.09. The fourth-order valence-corrected chi connectivity index (χ4v) is 2.61. The van der Waals surface area contributed by atoms with Gasteiger partial charge >= 0.3 is 0 Å². The lowest BCUT2D eigenvalue weighted by atomic mass is 9.82. The van der Waals surface area contributed by atoms with E-state index < -0.39 is 0 Å². The summed E-state index contributed by atoms with van der Waals surface area (Å²) in [6, 6.07) is 2.64. The zero-order valence-electron chi connectivity index (χ0n) is 11.0. The first-order chi connectivity index (χ1) is 6.99. The highest BCUT2D eigenvalue weighted by molar-refractivity contribution is 4.87. The molecule has 1 fully saturated rings. The fraction of sp³-hybridized carbons (Fsp3) is 1.00. The van der Waals surface area contributed by atoms with Gasteiger partial charge in [0, 0.05) is 24.2 Å². The Bertz CT molecular complexity index is 177. The number of hydrogen-bond acceptors (Lipinski definition) is 2. The van der Waals surface area contributed by atoms with Gasteiger partial charge in [0.05, 0.1) is 0 Å². The van der Waals surface area contributed by atoms with Crippen LogP contribution >= 0.6 is 0 Å². The van der Waals surface area contributed by atoms with E-state index in [2.05, 4.69) is 45.3 Å². The van der Waals surface area contributed by atoms with Crippen molar-refractivity contribution in [1.29, 1.82) is 0 Å². The van der Waals surface area contributed by atoms with Crippen LogP contribution in [0, 0.1) is 5.92 Å². The number of hydrogen-bond donors (Lipinski definition) is 2. The molecule has 0 aromatic rings. The van der Waals surface area contributed by atoms with Crippen molar-refractivity contribution in [2.75, 3.05) is 0 Å². The summed E-state index contributed by atoms with van der Waals surface area (Å²) >= 11 is 0. The first-order valence-electron chi connectivity index (χ1n) is 6.51. The van der Waals surface area contributed by atoms with Crippen LogP contribution in [0.1, 0.15) is 53.9 Å². The Morgan fingerprint density at radius 2 is 1.53 bits per heavy atom. The maximum Gasteiger partial charge on any atom is 0.0110 e. The van der Waals surface area contributed by atoms with E-state index >= 15 is 0 Å². The quantitative estimate of drug-likeness (QED) is 0.748. The van der Waals surface area contributed by atoms with Crippen LogP contribution in [0.2, 0.25) is 0 Å². The van der Waals surface area contributed by atoms with E-state index in [4.69, 9.17) is 0 Å². The maximum absolute atomic E-state index is 3.69. The van der Waals surface area contributed by atoms with Crippen molar-refractivity contribution < 1.29 is 0 Å². The van der Waals surface area contributed by atoms with Crippen molar-refractivity contribution in [3.05, 3.63) is 0 Å². The molecule has 2 N–H and O–H groups in total.